The molecule has 3 heterocycles. The van der Waals surface area contributed by atoms with Crippen LogP contribution in [0.3, 0.4) is 0 Å². The van der Waals surface area contributed by atoms with Gasteiger partial charge in [0.25, 0.3) is 0 Å². The molecule has 39 heavy (non-hydrogen) atoms. The largest absolute Gasteiger partial charge is 0.472 e. The highest BCUT2D eigenvalue weighted by Gasteiger charge is 2.33. The number of carbonyl (C=O) groups is 2. The van der Waals surface area contributed by atoms with E-state index in [-0.39, 0.29) is 30.8 Å². The third kappa shape index (κ3) is 6.07. The maximum Gasteiger partial charge on any atom is 0.306 e. The first-order chi connectivity index (χ1) is 18.7. The van der Waals surface area contributed by atoms with Crippen LogP contribution in [-0.2, 0) is 20.9 Å². The molecule has 1 saturated heterocycles. The van der Waals surface area contributed by atoms with Crippen molar-refractivity contribution in [3.8, 4) is 23.2 Å². The molecule has 2 aromatic heterocycles. The van der Waals surface area contributed by atoms with Crippen molar-refractivity contribution in [3.63, 3.8) is 0 Å². The summed E-state index contributed by atoms with van der Waals surface area (Å²) >= 11 is 0. The van der Waals surface area contributed by atoms with Gasteiger partial charge in [0.15, 0.2) is 5.65 Å². The van der Waals surface area contributed by atoms with Crippen molar-refractivity contribution in [2.45, 2.75) is 45.8 Å². The first-order valence-corrected chi connectivity index (χ1v) is 12.8. The van der Waals surface area contributed by atoms with Gasteiger partial charge in [0.1, 0.15) is 12.2 Å². The number of hydrogen-bond acceptors (Lipinski definition) is 7. The molecular weight excluding hydrogens is 494 g/mol. The van der Waals surface area contributed by atoms with Gasteiger partial charge in [-0.05, 0) is 62.6 Å². The van der Waals surface area contributed by atoms with E-state index < -0.39 is 5.60 Å². The van der Waals surface area contributed by atoms with Crippen LogP contribution < -0.4 is 9.64 Å². The van der Waals surface area contributed by atoms with Crippen LogP contribution in [-0.4, -0.2) is 38.6 Å². The van der Waals surface area contributed by atoms with Crippen LogP contribution in [0.5, 0.6) is 5.88 Å². The van der Waals surface area contributed by atoms with E-state index >= 15 is 0 Å². The molecule has 0 radical (unpaired) electrons. The summed E-state index contributed by atoms with van der Waals surface area (Å²) in [6.07, 6.45) is 2.29. The molecule has 0 aliphatic carbocycles. The smallest absolute Gasteiger partial charge is 0.306 e. The van der Waals surface area contributed by atoms with E-state index in [0.29, 0.717) is 30.1 Å². The third-order valence-electron chi connectivity index (χ3n) is 6.34. The number of esters is 1. The molecule has 1 aliphatic heterocycles. The average Bonchev–Trinajstić information content (AvgIpc) is 3.49. The van der Waals surface area contributed by atoms with E-state index in [1.165, 1.54) is 0 Å². The third-order valence-corrected chi connectivity index (χ3v) is 6.34. The van der Waals surface area contributed by atoms with Gasteiger partial charge in [-0.25, -0.2) is 9.50 Å². The maximum atomic E-state index is 12.7. The zero-order valence-corrected chi connectivity index (χ0v) is 22.1. The standard InChI is InChI=1S/C30H29N5O4/c1-30(2,3)39-29(37)15-22-14-28(36)34(18-22)24-9-7-23(8-10-24)25-17-32-26-11-12-27(33-35(25)26)38-19-21-6-4-5-20(13-21)16-31/h4-13,17,22H,14-15,18-19H2,1-3H3. The lowest BCUT2D eigenvalue weighted by atomic mass is 10.0. The number of benzene rings is 2. The molecule has 0 saturated carbocycles. The van der Waals surface area contributed by atoms with E-state index in [1.807, 2.05) is 63.2 Å². The highest BCUT2D eigenvalue weighted by molar-refractivity contribution is 5.96. The molecule has 0 bridgehead atoms. The van der Waals surface area contributed by atoms with Gasteiger partial charge < -0.3 is 14.4 Å². The Balaban J connectivity index is 1.28. The van der Waals surface area contributed by atoms with Crippen molar-refractivity contribution in [2.24, 2.45) is 5.92 Å². The molecular formula is C30H29N5O4. The predicted molar refractivity (Wildman–Crippen MR) is 145 cm³/mol. The van der Waals surface area contributed by atoms with Crippen LogP contribution >= 0.6 is 0 Å². The van der Waals surface area contributed by atoms with Gasteiger partial charge in [-0.1, -0.05) is 24.3 Å². The second-order valence-electron chi connectivity index (χ2n) is 10.6. The number of carbonyl (C=O) groups excluding carboxylic acids is 2. The number of hydrogen-bond donors (Lipinski definition) is 0. The summed E-state index contributed by atoms with van der Waals surface area (Å²) in [6, 6.07) is 20.6. The number of amides is 1. The number of fused-ring (bicyclic) bond motifs is 1. The molecule has 1 aliphatic rings. The van der Waals surface area contributed by atoms with E-state index in [2.05, 4.69) is 16.2 Å². The first kappa shape index (κ1) is 25.9. The first-order valence-electron chi connectivity index (χ1n) is 12.8. The molecule has 9 nitrogen and oxygen atoms in total. The SMILES string of the molecule is CC(C)(C)OC(=O)CC1CC(=O)N(c2ccc(-c3cnc4ccc(OCc5cccc(C#N)c5)nn34)cc2)C1. The summed E-state index contributed by atoms with van der Waals surface area (Å²) < 4.78 is 13.0. The van der Waals surface area contributed by atoms with Crippen molar-refractivity contribution in [2.75, 3.05) is 11.4 Å². The Bertz CT molecular complexity index is 1560. The lowest BCUT2D eigenvalue weighted by Gasteiger charge is -2.21. The lowest BCUT2D eigenvalue weighted by molar-refractivity contribution is -0.155. The second kappa shape index (κ2) is 10.6. The van der Waals surface area contributed by atoms with Gasteiger partial charge in [0, 0.05) is 30.3 Å². The molecule has 4 aromatic rings. The van der Waals surface area contributed by atoms with E-state index in [9.17, 15) is 9.59 Å². The number of rotatable bonds is 7. The van der Waals surface area contributed by atoms with Gasteiger partial charge >= 0.3 is 5.97 Å². The normalized spacial score (nSPS) is 15.4. The quantitative estimate of drug-likeness (QED) is 0.316. The van der Waals surface area contributed by atoms with Crippen LogP contribution in [0.15, 0.2) is 66.9 Å². The van der Waals surface area contributed by atoms with Gasteiger partial charge in [0.2, 0.25) is 11.8 Å². The molecule has 1 atom stereocenters. The number of nitriles is 1. The lowest BCUT2D eigenvalue weighted by Crippen LogP contribution is -2.27. The zero-order valence-electron chi connectivity index (χ0n) is 22.1. The van der Waals surface area contributed by atoms with Gasteiger partial charge in [-0.2, -0.15) is 5.26 Å². The number of ether oxygens (including phenoxy) is 2. The van der Waals surface area contributed by atoms with Crippen molar-refractivity contribution in [1.29, 1.82) is 5.26 Å². The molecule has 5 rings (SSSR count). The minimum atomic E-state index is -0.543. The van der Waals surface area contributed by atoms with Crippen LogP contribution in [0.2, 0.25) is 0 Å². The van der Waals surface area contributed by atoms with Crippen LogP contribution in [0.1, 0.15) is 44.7 Å². The monoisotopic (exact) mass is 523 g/mol. The fraction of sp³-hybridized carbons (Fsp3) is 0.300. The van der Waals surface area contributed by atoms with Gasteiger partial charge in [0.05, 0.1) is 29.9 Å². The Labute approximate surface area is 226 Å². The van der Waals surface area contributed by atoms with Gasteiger partial charge in [-0.15, -0.1) is 5.10 Å². The molecule has 1 fully saturated rings. The van der Waals surface area contributed by atoms with E-state index in [1.54, 1.807) is 33.8 Å². The van der Waals surface area contributed by atoms with Crippen LogP contribution in [0.25, 0.3) is 16.9 Å². The molecule has 2 aromatic carbocycles. The highest BCUT2D eigenvalue weighted by Crippen LogP contribution is 2.30. The van der Waals surface area contributed by atoms with Crippen molar-refractivity contribution < 1.29 is 19.1 Å². The number of imidazole rings is 1. The number of aromatic nitrogens is 3. The Morgan fingerprint density at radius 3 is 2.67 bits per heavy atom. The Kier molecular flexibility index (Phi) is 7.03. The molecule has 1 amide bonds. The molecule has 198 valence electrons. The Hall–Kier alpha value is -4.71. The number of nitrogens with zero attached hydrogens (tertiary/aromatic N) is 5. The highest BCUT2D eigenvalue weighted by atomic mass is 16.6. The predicted octanol–water partition coefficient (Wildman–Crippen LogP) is 4.93. The zero-order chi connectivity index (χ0) is 27.6. The summed E-state index contributed by atoms with van der Waals surface area (Å²) in [5, 5.41) is 13.7. The van der Waals surface area contributed by atoms with E-state index in [0.717, 1.165) is 22.5 Å². The topological polar surface area (TPSA) is 110 Å². The minimum Gasteiger partial charge on any atom is -0.472 e. The molecule has 0 N–H and O–H groups in total. The van der Waals surface area contributed by atoms with Gasteiger partial charge in [-0.3, -0.25) is 9.59 Å². The molecule has 9 heteroatoms. The maximum absolute atomic E-state index is 12.7. The van der Waals surface area contributed by atoms with Crippen LogP contribution in [0.4, 0.5) is 5.69 Å². The summed E-state index contributed by atoms with van der Waals surface area (Å²) in [4.78, 5) is 31.1. The summed E-state index contributed by atoms with van der Waals surface area (Å²) in [5.41, 5.74) is 4.03. The van der Waals surface area contributed by atoms with Crippen molar-refractivity contribution in [3.05, 3.63) is 78.0 Å². The fourth-order valence-corrected chi connectivity index (χ4v) is 4.62. The number of anilines is 1. The van der Waals surface area contributed by atoms with Crippen LogP contribution in [0, 0.1) is 17.2 Å². The molecule has 1 unspecified atom stereocenters. The summed E-state index contributed by atoms with van der Waals surface area (Å²) in [6.45, 7) is 6.27. The summed E-state index contributed by atoms with van der Waals surface area (Å²) in [7, 11) is 0. The average molecular weight is 524 g/mol. The van der Waals surface area contributed by atoms with Crippen molar-refractivity contribution in [1.82, 2.24) is 14.6 Å². The summed E-state index contributed by atoms with van der Waals surface area (Å²) in [5.74, 6) is 0.0711. The second-order valence-corrected chi connectivity index (χ2v) is 10.6. The van der Waals surface area contributed by atoms with Crippen molar-refractivity contribution >= 4 is 23.2 Å². The Morgan fingerprint density at radius 2 is 1.92 bits per heavy atom. The minimum absolute atomic E-state index is 0.00475. The molecule has 0 spiro atoms. The fourth-order valence-electron chi connectivity index (χ4n) is 4.62. The van der Waals surface area contributed by atoms with E-state index in [4.69, 9.17) is 14.7 Å². The Morgan fingerprint density at radius 1 is 1.13 bits per heavy atom.